The average Bonchev–Trinajstić information content (AvgIpc) is 2.89. The van der Waals surface area contributed by atoms with Crippen LogP contribution >= 0.6 is 0 Å². The molecule has 124 valence electrons. The van der Waals surface area contributed by atoms with E-state index in [-0.39, 0.29) is 17.6 Å². The number of H-pyrrole nitrogens is 1. The number of methoxy groups -OCH3 is 1. The molecule has 1 aromatic heterocycles. The zero-order valence-corrected chi connectivity index (χ0v) is 13.8. The Bertz CT molecular complexity index is 954. The Kier molecular flexibility index (Phi) is 4.12. The Hall–Kier alpha value is -3.02. The molecule has 0 spiro atoms. The summed E-state index contributed by atoms with van der Waals surface area (Å²) in [6.45, 7) is 3.89. The van der Waals surface area contributed by atoms with Crippen molar-refractivity contribution >= 4 is 22.6 Å². The Morgan fingerprint density at radius 3 is 2.71 bits per heavy atom. The standard InChI is InChI=1S/C18H19N3O3/c1-11(2)21-16-8-7-12(9-15(16)20-18(21)23)17(22)19-13-5-4-6-14(10-13)24-3/h4-11H,1-3H3,(H,19,22)(H,20,23). The van der Waals surface area contributed by atoms with Gasteiger partial charge < -0.3 is 15.0 Å². The predicted octanol–water partition coefficient (Wildman–Crippen LogP) is 3.17. The monoisotopic (exact) mass is 325 g/mol. The van der Waals surface area contributed by atoms with Crippen molar-refractivity contribution in [3.63, 3.8) is 0 Å². The second-order valence-corrected chi connectivity index (χ2v) is 5.81. The first-order valence-corrected chi connectivity index (χ1v) is 7.69. The molecule has 1 amide bonds. The molecular formula is C18H19N3O3. The van der Waals surface area contributed by atoms with Crippen LogP contribution in [0.15, 0.2) is 47.3 Å². The zero-order valence-electron chi connectivity index (χ0n) is 13.8. The number of carbonyl (C=O) groups excluding carboxylic acids is 1. The second-order valence-electron chi connectivity index (χ2n) is 5.81. The number of nitrogens with one attached hydrogen (secondary N) is 2. The fraction of sp³-hybridized carbons (Fsp3) is 0.222. The Balaban J connectivity index is 1.91. The van der Waals surface area contributed by atoms with Gasteiger partial charge in [0.15, 0.2) is 0 Å². The van der Waals surface area contributed by atoms with E-state index in [1.54, 1.807) is 54.1 Å². The zero-order chi connectivity index (χ0) is 17.3. The summed E-state index contributed by atoms with van der Waals surface area (Å²) in [4.78, 5) is 27.2. The van der Waals surface area contributed by atoms with Crippen LogP contribution < -0.4 is 15.7 Å². The van der Waals surface area contributed by atoms with Crippen molar-refractivity contribution in [1.29, 1.82) is 0 Å². The van der Waals surface area contributed by atoms with Crippen molar-refractivity contribution < 1.29 is 9.53 Å². The van der Waals surface area contributed by atoms with Crippen molar-refractivity contribution in [1.82, 2.24) is 9.55 Å². The van der Waals surface area contributed by atoms with Gasteiger partial charge in [-0.25, -0.2) is 4.79 Å². The van der Waals surface area contributed by atoms with E-state index < -0.39 is 0 Å². The highest BCUT2D eigenvalue weighted by Gasteiger charge is 2.13. The number of aromatic amines is 1. The fourth-order valence-electron chi connectivity index (χ4n) is 2.69. The number of imidazole rings is 1. The number of hydrogen-bond donors (Lipinski definition) is 2. The van der Waals surface area contributed by atoms with E-state index in [0.29, 0.717) is 22.5 Å². The van der Waals surface area contributed by atoms with Gasteiger partial charge in [-0.05, 0) is 44.2 Å². The molecule has 0 atom stereocenters. The van der Waals surface area contributed by atoms with Crippen LogP contribution in [0, 0.1) is 0 Å². The molecule has 3 aromatic rings. The molecule has 3 rings (SSSR count). The van der Waals surface area contributed by atoms with Gasteiger partial charge in [-0.3, -0.25) is 9.36 Å². The molecule has 6 nitrogen and oxygen atoms in total. The summed E-state index contributed by atoms with van der Waals surface area (Å²) in [7, 11) is 1.57. The predicted molar refractivity (Wildman–Crippen MR) is 93.9 cm³/mol. The fourth-order valence-corrected chi connectivity index (χ4v) is 2.69. The maximum atomic E-state index is 12.4. The highest BCUT2D eigenvalue weighted by Crippen LogP contribution is 2.19. The second kappa shape index (κ2) is 6.23. The molecule has 0 saturated heterocycles. The SMILES string of the molecule is COc1cccc(NC(=O)c2ccc3c(c2)[nH]c(=O)n3C(C)C)c1. The number of benzene rings is 2. The van der Waals surface area contributed by atoms with E-state index in [1.165, 1.54) is 0 Å². The lowest BCUT2D eigenvalue weighted by Gasteiger charge is -2.08. The number of ether oxygens (including phenoxy) is 1. The molecule has 24 heavy (non-hydrogen) atoms. The van der Waals surface area contributed by atoms with Gasteiger partial charge in [-0.2, -0.15) is 0 Å². The number of aromatic nitrogens is 2. The van der Waals surface area contributed by atoms with Gasteiger partial charge in [0.1, 0.15) is 5.75 Å². The summed E-state index contributed by atoms with van der Waals surface area (Å²) in [5.41, 5.74) is 2.38. The minimum atomic E-state index is -0.247. The van der Waals surface area contributed by atoms with Crippen LogP contribution in [0.1, 0.15) is 30.2 Å². The number of fused-ring (bicyclic) bond motifs is 1. The molecule has 2 N–H and O–H groups in total. The summed E-state index contributed by atoms with van der Waals surface area (Å²) < 4.78 is 6.81. The summed E-state index contributed by atoms with van der Waals surface area (Å²) in [6, 6.07) is 12.4. The Labute approximate surface area is 139 Å². The minimum Gasteiger partial charge on any atom is -0.497 e. The highest BCUT2D eigenvalue weighted by molar-refractivity contribution is 6.06. The molecule has 2 aromatic carbocycles. The van der Waals surface area contributed by atoms with Gasteiger partial charge in [-0.1, -0.05) is 6.07 Å². The topological polar surface area (TPSA) is 76.1 Å². The van der Waals surface area contributed by atoms with Crippen LogP contribution in [0.25, 0.3) is 11.0 Å². The lowest BCUT2D eigenvalue weighted by molar-refractivity contribution is 0.102. The number of amides is 1. The Morgan fingerprint density at radius 1 is 1.21 bits per heavy atom. The summed E-state index contributed by atoms with van der Waals surface area (Å²) in [5.74, 6) is 0.421. The third-order valence-corrected chi connectivity index (χ3v) is 3.82. The number of anilines is 1. The number of hydrogen-bond acceptors (Lipinski definition) is 3. The van der Waals surface area contributed by atoms with Crippen LogP contribution in [0.2, 0.25) is 0 Å². The molecule has 6 heteroatoms. The van der Waals surface area contributed by atoms with E-state index in [9.17, 15) is 9.59 Å². The first-order chi connectivity index (χ1) is 11.5. The smallest absolute Gasteiger partial charge is 0.326 e. The summed E-state index contributed by atoms with van der Waals surface area (Å²) in [5, 5.41) is 2.82. The largest absolute Gasteiger partial charge is 0.497 e. The average molecular weight is 325 g/mol. The molecule has 0 fully saturated rings. The van der Waals surface area contributed by atoms with E-state index in [2.05, 4.69) is 10.3 Å². The maximum absolute atomic E-state index is 12.4. The number of carbonyl (C=O) groups is 1. The first-order valence-electron chi connectivity index (χ1n) is 7.69. The molecule has 1 heterocycles. The molecule has 0 aliphatic rings. The molecular weight excluding hydrogens is 306 g/mol. The lowest BCUT2D eigenvalue weighted by atomic mass is 10.1. The van der Waals surface area contributed by atoms with Gasteiger partial charge >= 0.3 is 5.69 Å². The quantitative estimate of drug-likeness (QED) is 0.773. The van der Waals surface area contributed by atoms with Crippen LogP contribution in [0.4, 0.5) is 5.69 Å². The highest BCUT2D eigenvalue weighted by atomic mass is 16.5. The van der Waals surface area contributed by atoms with Crippen molar-refractivity contribution in [2.24, 2.45) is 0 Å². The van der Waals surface area contributed by atoms with Gasteiger partial charge in [0, 0.05) is 23.4 Å². The van der Waals surface area contributed by atoms with Crippen LogP contribution in [0.5, 0.6) is 5.75 Å². The van der Waals surface area contributed by atoms with E-state index >= 15 is 0 Å². The molecule has 0 unspecified atom stereocenters. The minimum absolute atomic E-state index is 0.0442. The summed E-state index contributed by atoms with van der Waals surface area (Å²) >= 11 is 0. The molecule has 0 saturated carbocycles. The van der Waals surface area contributed by atoms with Crippen molar-refractivity contribution in [2.75, 3.05) is 12.4 Å². The van der Waals surface area contributed by atoms with Crippen LogP contribution in [-0.2, 0) is 0 Å². The third-order valence-electron chi connectivity index (χ3n) is 3.82. The molecule has 0 aliphatic heterocycles. The third kappa shape index (κ3) is 2.90. The van der Waals surface area contributed by atoms with E-state index in [0.717, 1.165) is 5.52 Å². The van der Waals surface area contributed by atoms with Crippen LogP contribution in [-0.4, -0.2) is 22.6 Å². The van der Waals surface area contributed by atoms with E-state index in [1.807, 2.05) is 13.8 Å². The van der Waals surface area contributed by atoms with Crippen molar-refractivity contribution in [3.8, 4) is 5.75 Å². The summed E-state index contributed by atoms with van der Waals surface area (Å²) in [6.07, 6.45) is 0. The van der Waals surface area contributed by atoms with Gasteiger partial charge in [0.05, 0.1) is 18.1 Å². The van der Waals surface area contributed by atoms with Gasteiger partial charge in [0.2, 0.25) is 0 Å². The van der Waals surface area contributed by atoms with Crippen molar-refractivity contribution in [2.45, 2.75) is 19.9 Å². The molecule has 0 bridgehead atoms. The molecule has 0 radical (unpaired) electrons. The number of rotatable bonds is 4. The number of nitrogens with zero attached hydrogens (tertiary/aromatic N) is 1. The Morgan fingerprint density at radius 2 is 2.00 bits per heavy atom. The van der Waals surface area contributed by atoms with Crippen molar-refractivity contribution in [3.05, 3.63) is 58.5 Å². The lowest BCUT2D eigenvalue weighted by Crippen LogP contribution is -2.18. The first kappa shape index (κ1) is 15.9. The van der Waals surface area contributed by atoms with Gasteiger partial charge in [0.25, 0.3) is 5.91 Å². The van der Waals surface area contributed by atoms with E-state index in [4.69, 9.17) is 4.74 Å². The van der Waals surface area contributed by atoms with Crippen LogP contribution in [0.3, 0.4) is 0 Å². The van der Waals surface area contributed by atoms with Gasteiger partial charge in [-0.15, -0.1) is 0 Å². The maximum Gasteiger partial charge on any atom is 0.326 e. The molecule has 0 aliphatic carbocycles. The normalized spacial score (nSPS) is 11.0.